The van der Waals surface area contributed by atoms with Crippen LogP contribution in [0.15, 0.2) is 41.8 Å². The first-order chi connectivity index (χ1) is 9.33. The Balaban J connectivity index is 1.74. The molecule has 0 unspecified atom stereocenters. The van der Waals surface area contributed by atoms with Crippen molar-refractivity contribution in [3.8, 4) is 0 Å². The van der Waals surface area contributed by atoms with Crippen molar-refractivity contribution < 1.29 is 14.3 Å². The molecular weight excluding hydrogens is 262 g/mol. The predicted octanol–water partition coefficient (Wildman–Crippen LogP) is 3.05. The van der Waals surface area contributed by atoms with Crippen molar-refractivity contribution in [3.05, 3.63) is 52.2 Å². The van der Waals surface area contributed by atoms with E-state index in [1.54, 1.807) is 6.07 Å². The molecule has 19 heavy (non-hydrogen) atoms. The van der Waals surface area contributed by atoms with Gasteiger partial charge in [-0.3, -0.25) is 4.79 Å². The van der Waals surface area contributed by atoms with Gasteiger partial charge in [0.25, 0.3) is 5.91 Å². The molecule has 1 N–H and O–H groups in total. The third-order valence-corrected chi connectivity index (χ3v) is 3.65. The SMILES string of the molecule is O=C(Nc1cccc(C2OCCO2)c1)c1cccs1. The number of thiophene rings is 1. The molecular formula is C14H13NO3S. The van der Waals surface area contributed by atoms with Gasteiger partial charge in [0.1, 0.15) is 0 Å². The van der Waals surface area contributed by atoms with E-state index in [4.69, 9.17) is 9.47 Å². The zero-order chi connectivity index (χ0) is 13.1. The monoisotopic (exact) mass is 275 g/mol. The van der Waals surface area contributed by atoms with Crippen molar-refractivity contribution in [1.82, 2.24) is 0 Å². The van der Waals surface area contributed by atoms with Crippen LogP contribution in [0.5, 0.6) is 0 Å². The van der Waals surface area contributed by atoms with E-state index in [0.717, 1.165) is 11.3 Å². The second-order valence-corrected chi connectivity index (χ2v) is 5.08. The smallest absolute Gasteiger partial charge is 0.265 e. The zero-order valence-electron chi connectivity index (χ0n) is 10.2. The van der Waals surface area contributed by atoms with Crippen LogP contribution in [0.1, 0.15) is 21.5 Å². The minimum absolute atomic E-state index is 0.0968. The Morgan fingerprint density at radius 2 is 2.05 bits per heavy atom. The van der Waals surface area contributed by atoms with Gasteiger partial charge in [-0.05, 0) is 23.6 Å². The van der Waals surface area contributed by atoms with Crippen LogP contribution in [-0.2, 0) is 9.47 Å². The molecule has 0 spiro atoms. The quantitative estimate of drug-likeness (QED) is 0.936. The molecule has 0 radical (unpaired) electrons. The fraction of sp³-hybridized carbons (Fsp3) is 0.214. The van der Waals surface area contributed by atoms with Crippen LogP contribution in [0.2, 0.25) is 0 Å². The summed E-state index contributed by atoms with van der Waals surface area (Å²) in [6, 6.07) is 11.2. The molecule has 98 valence electrons. The Morgan fingerprint density at radius 3 is 2.79 bits per heavy atom. The number of hydrogen-bond acceptors (Lipinski definition) is 4. The molecule has 0 saturated carbocycles. The van der Waals surface area contributed by atoms with Crippen LogP contribution < -0.4 is 5.32 Å². The number of carbonyl (C=O) groups is 1. The molecule has 5 heteroatoms. The topological polar surface area (TPSA) is 47.6 Å². The number of nitrogens with one attached hydrogen (secondary N) is 1. The molecule has 0 atom stereocenters. The normalized spacial score (nSPS) is 15.6. The number of anilines is 1. The van der Waals surface area contributed by atoms with Gasteiger partial charge in [-0.1, -0.05) is 18.2 Å². The molecule has 1 amide bonds. The second-order valence-electron chi connectivity index (χ2n) is 4.13. The molecule has 2 heterocycles. The second kappa shape index (κ2) is 5.52. The summed E-state index contributed by atoms with van der Waals surface area (Å²) in [5.41, 5.74) is 1.66. The van der Waals surface area contributed by atoms with E-state index in [0.29, 0.717) is 18.1 Å². The van der Waals surface area contributed by atoms with Crippen LogP contribution in [0.25, 0.3) is 0 Å². The molecule has 1 saturated heterocycles. The van der Waals surface area contributed by atoms with Gasteiger partial charge in [0.05, 0.1) is 18.1 Å². The highest BCUT2D eigenvalue weighted by Crippen LogP contribution is 2.25. The van der Waals surface area contributed by atoms with E-state index in [-0.39, 0.29) is 12.2 Å². The van der Waals surface area contributed by atoms with E-state index < -0.39 is 0 Å². The highest BCUT2D eigenvalue weighted by molar-refractivity contribution is 7.12. The maximum absolute atomic E-state index is 11.9. The molecule has 1 aromatic heterocycles. The number of carbonyl (C=O) groups excluding carboxylic acids is 1. The number of ether oxygens (including phenoxy) is 2. The van der Waals surface area contributed by atoms with Crippen LogP contribution in [0.3, 0.4) is 0 Å². The third-order valence-electron chi connectivity index (χ3n) is 2.78. The van der Waals surface area contributed by atoms with Gasteiger partial charge < -0.3 is 14.8 Å². The lowest BCUT2D eigenvalue weighted by Gasteiger charge is -2.11. The van der Waals surface area contributed by atoms with Gasteiger partial charge in [0, 0.05) is 11.3 Å². The lowest BCUT2D eigenvalue weighted by atomic mass is 10.2. The molecule has 0 bridgehead atoms. The van der Waals surface area contributed by atoms with Gasteiger partial charge in [0.15, 0.2) is 6.29 Å². The number of benzene rings is 1. The third kappa shape index (κ3) is 2.84. The summed E-state index contributed by atoms with van der Waals surface area (Å²) < 4.78 is 10.9. The van der Waals surface area contributed by atoms with Crippen molar-refractivity contribution in [2.45, 2.75) is 6.29 Å². The zero-order valence-corrected chi connectivity index (χ0v) is 11.0. The van der Waals surface area contributed by atoms with E-state index in [1.807, 2.05) is 35.7 Å². The Kier molecular flexibility index (Phi) is 3.59. The largest absolute Gasteiger partial charge is 0.346 e. The molecule has 1 aromatic carbocycles. The molecule has 0 aliphatic carbocycles. The Morgan fingerprint density at radius 1 is 1.21 bits per heavy atom. The molecule has 1 fully saturated rings. The van der Waals surface area contributed by atoms with Crippen molar-refractivity contribution in [2.75, 3.05) is 18.5 Å². The summed E-state index contributed by atoms with van der Waals surface area (Å²) >= 11 is 1.42. The summed E-state index contributed by atoms with van der Waals surface area (Å²) in [6.07, 6.45) is -0.321. The number of amides is 1. The molecule has 4 nitrogen and oxygen atoms in total. The maximum Gasteiger partial charge on any atom is 0.265 e. The Hall–Kier alpha value is -1.69. The van der Waals surface area contributed by atoms with Crippen molar-refractivity contribution >= 4 is 22.9 Å². The van der Waals surface area contributed by atoms with E-state index in [1.165, 1.54) is 11.3 Å². The molecule has 3 rings (SSSR count). The maximum atomic E-state index is 11.9. The van der Waals surface area contributed by atoms with E-state index in [9.17, 15) is 4.79 Å². The average molecular weight is 275 g/mol. The van der Waals surface area contributed by atoms with Gasteiger partial charge in [-0.15, -0.1) is 11.3 Å². The van der Waals surface area contributed by atoms with Gasteiger partial charge in [0.2, 0.25) is 0 Å². The number of hydrogen-bond donors (Lipinski definition) is 1. The first-order valence-electron chi connectivity index (χ1n) is 6.01. The minimum Gasteiger partial charge on any atom is -0.346 e. The fourth-order valence-corrected chi connectivity index (χ4v) is 2.53. The standard InChI is InChI=1S/C14H13NO3S/c16-13(12-5-2-8-19-12)15-11-4-1-3-10(9-11)14-17-6-7-18-14/h1-5,8-9,14H,6-7H2,(H,15,16). The molecule has 2 aromatic rings. The lowest BCUT2D eigenvalue weighted by molar-refractivity contribution is -0.0440. The molecule has 1 aliphatic rings. The van der Waals surface area contributed by atoms with Crippen LogP contribution >= 0.6 is 11.3 Å². The van der Waals surface area contributed by atoms with Gasteiger partial charge in [-0.2, -0.15) is 0 Å². The highest BCUT2D eigenvalue weighted by atomic mass is 32.1. The van der Waals surface area contributed by atoms with Crippen molar-refractivity contribution in [3.63, 3.8) is 0 Å². The first kappa shape index (κ1) is 12.3. The van der Waals surface area contributed by atoms with E-state index >= 15 is 0 Å². The van der Waals surface area contributed by atoms with Crippen LogP contribution in [0.4, 0.5) is 5.69 Å². The van der Waals surface area contributed by atoms with Crippen molar-refractivity contribution in [2.24, 2.45) is 0 Å². The summed E-state index contributed by atoms with van der Waals surface area (Å²) in [5.74, 6) is -0.0968. The lowest BCUT2D eigenvalue weighted by Crippen LogP contribution is -2.10. The predicted molar refractivity (Wildman–Crippen MR) is 73.4 cm³/mol. The van der Waals surface area contributed by atoms with Gasteiger partial charge in [-0.25, -0.2) is 0 Å². The molecule has 1 aliphatic heterocycles. The van der Waals surface area contributed by atoms with Crippen LogP contribution in [-0.4, -0.2) is 19.1 Å². The summed E-state index contributed by atoms with van der Waals surface area (Å²) in [7, 11) is 0. The Labute approximate surface area is 115 Å². The minimum atomic E-state index is -0.321. The number of rotatable bonds is 3. The Bertz CT molecular complexity index is 562. The van der Waals surface area contributed by atoms with E-state index in [2.05, 4.69) is 5.32 Å². The highest BCUT2D eigenvalue weighted by Gasteiger charge is 2.18. The fourth-order valence-electron chi connectivity index (χ4n) is 1.91. The first-order valence-corrected chi connectivity index (χ1v) is 6.89. The van der Waals surface area contributed by atoms with Crippen molar-refractivity contribution in [1.29, 1.82) is 0 Å². The average Bonchev–Trinajstić information content (AvgIpc) is 3.13. The summed E-state index contributed by atoms with van der Waals surface area (Å²) in [4.78, 5) is 12.6. The summed E-state index contributed by atoms with van der Waals surface area (Å²) in [6.45, 7) is 1.22. The summed E-state index contributed by atoms with van der Waals surface area (Å²) in [5, 5.41) is 4.75. The van der Waals surface area contributed by atoms with Gasteiger partial charge >= 0.3 is 0 Å². The van der Waals surface area contributed by atoms with Crippen LogP contribution in [0, 0.1) is 0 Å².